The second-order valence-electron chi connectivity index (χ2n) is 5.13. The van der Waals surface area contributed by atoms with Crippen molar-refractivity contribution >= 4 is 41.1 Å². The molecule has 0 saturated heterocycles. The molecule has 1 aliphatic heterocycles. The molecule has 0 fully saturated rings. The van der Waals surface area contributed by atoms with Gasteiger partial charge < -0.3 is 0 Å². The molecule has 0 atom stereocenters. The van der Waals surface area contributed by atoms with Crippen LogP contribution in [0.5, 0.6) is 0 Å². The first-order valence-electron chi connectivity index (χ1n) is 7.40. The fraction of sp³-hybridized carbons (Fsp3) is 0.214. The smallest absolute Gasteiger partial charge is 0.270 e. The van der Waals surface area contributed by atoms with Crippen LogP contribution in [0.2, 0.25) is 0 Å². The molecule has 2 heterocycles. The Bertz CT molecular complexity index is 926. The van der Waals surface area contributed by atoms with E-state index in [2.05, 4.69) is 20.5 Å². The molecule has 2 aromatic rings. The molecule has 3 amide bonds. The number of fused-ring (bicyclic) bond motifs is 1. The molecule has 134 valence electrons. The van der Waals surface area contributed by atoms with Crippen molar-refractivity contribution in [2.75, 3.05) is 17.6 Å². The number of carbonyl (C=O) groups is 3. The molecule has 26 heavy (non-hydrogen) atoms. The van der Waals surface area contributed by atoms with Crippen molar-refractivity contribution in [3.05, 3.63) is 39.4 Å². The number of hydrogen-bond donors (Lipinski definition) is 2. The minimum Gasteiger partial charge on any atom is -0.293 e. The summed E-state index contributed by atoms with van der Waals surface area (Å²) in [5.41, 5.74) is -0.383. The number of H-pyrrole nitrogens is 1. The maximum Gasteiger partial charge on any atom is 0.270 e. The Labute approximate surface area is 150 Å². The van der Waals surface area contributed by atoms with Crippen LogP contribution in [-0.2, 0) is 4.79 Å². The number of imide groups is 1. The van der Waals surface area contributed by atoms with Crippen molar-refractivity contribution in [3.63, 3.8) is 0 Å². The number of rotatable bonds is 6. The maximum absolute atomic E-state index is 12.3. The molecular formula is C14H12N6O5S. The summed E-state index contributed by atoms with van der Waals surface area (Å²) >= 11 is 1.37. The van der Waals surface area contributed by atoms with E-state index < -0.39 is 29.2 Å². The molecule has 0 spiro atoms. The zero-order valence-electron chi connectivity index (χ0n) is 13.4. The molecule has 0 radical (unpaired) electrons. The van der Waals surface area contributed by atoms with Crippen molar-refractivity contribution in [1.29, 1.82) is 0 Å². The highest BCUT2D eigenvalue weighted by molar-refractivity contribution is 7.99. The van der Waals surface area contributed by atoms with Gasteiger partial charge in [-0.2, -0.15) is 4.98 Å². The summed E-state index contributed by atoms with van der Waals surface area (Å²) in [6.07, 6.45) is 0. The number of anilines is 1. The van der Waals surface area contributed by atoms with Crippen LogP contribution in [0.25, 0.3) is 0 Å². The molecule has 1 aromatic heterocycles. The number of nitrogens with zero attached hydrogens (tertiary/aromatic N) is 4. The minimum absolute atomic E-state index is 0.0229. The second kappa shape index (κ2) is 6.92. The van der Waals surface area contributed by atoms with E-state index in [-0.39, 0.29) is 22.8 Å². The summed E-state index contributed by atoms with van der Waals surface area (Å²) in [5.74, 6) is -1.25. The Balaban J connectivity index is 1.71. The van der Waals surface area contributed by atoms with E-state index in [0.29, 0.717) is 5.16 Å². The lowest BCUT2D eigenvalue weighted by atomic mass is 10.1. The first-order valence-corrected chi connectivity index (χ1v) is 8.39. The number of aromatic nitrogens is 3. The molecular weight excluding hydrogens is 364 g/mol. The quantitative estimate of drug-likeness (QED) is 0.329. The van der Waals surface area contributed by atoms with E-state index in [1.807, 2.05) is 6.92 Å². The Morgan fingerprint density at radius 1 is 1.35 bits per heavy atom. The summed E-state index contributed by atoms with van der Waals surface area (Å²) in [4.78, 5) is 51.6. The van der Waals surface area contributed by atoms with E-state index in [0.717, 1.165) is 22.8 Å². The van der Waals surface area contributed by atoms with Gasteiger partial charge >= 0.3 is 0 Å². The molecule has 3 rings (SSSR count). The van der Waals surface area contributed by atoms with Gasteiger partial charge in [0.2, 0.25) is 17.0 Å². The number of thioether (sulfide) groups is 1. The zero-order valence-corrected chi connectivity index (χ0v) is 14.2. The summed E-state index contributed by atoms with van der Waals surface area (Å²) < 4.78 is 0. The van der Waals surface area contributed by atoms with Crippen molar-refractivity contribution in [3.8, 4) is 0 Å². The lowest BCUT2D eigenvalue weighted by Crippen LogP contribution is -2.37. The highest BCUT2D eigenvalue weighted by Crippen LogP contribution is 2.26. The SMILES string of the molecule is CCSc1n[nH]c(NC(=O)CN2C(=O)c3ccc([N+](=O)[O-])cc3C2=O)n1. The van der Waals surface area contributed by atoms with E-state index in [1.165, 1.54) is 17.8 Å². The summed E-state index contributed by atoms with van der Waals surface area (Å²) in [7, 11) is 0. The lowest BCUT2D eigenvalue weighted by molar-refractivity contribution is -0.384. The molecule has 0 unspecified atom stereocenters. The fourth-order valence-corrected chi connectivity index (χ4v) is 2.87. The summed E-state index contributed by atoms with van der Waals surface area (Å²) in [6.45, 7) is 1.38. The Hall–Kier alpha value is -3.28. The predicted octanol–water partition coefficient (Wildman–Crippen LogP) is 1.06. The van der Waals surface area contributed by atoms with E-state index >= 15 is 0 Å². The van der Waals surface area contributed by atoms with Crippen LogP contribution in [0, 0.1) is 10.1 Å². The Kier molecular flexibility index (Phi) is 4.67. The molecule has 11 nitrogen and oxygen atoms in total. The van der Waals surface area contributed by atoms with Crippen LogP contribution < -0.4 is 5.32 Å². The molecule has 2 N–H and O–H groups in total. The van der Waals surface area contributed by atoms with Crippen molar-refractivity contribution in [2.45, 2.75) is 12.1 Å². The average Bonchev–Trinajstić information content (AvgIpc) is 3.13. The average molecular weight is 376 g/mol. The van der Waals surface area contributed by atoms with Gasteiger partial charge in [0.15, 0.2) is 0 Å². The van der Waals surface area contributed by atoms with Gasteiger partial charge in [-0.05, 0) is 11.8 Å². The third-order valence-corrected chi connectivity index (χ3v) is 4.19. The highest BCUT2D eigenvalue weighted by Gasteiger charge is 2.37. The van der Waals surface area contributed by atoms with Crippen LogP contribution in [-0.4, -0.2) is 55.0 Å². The normalized spacial score (nSPS) is 13.0. The number of benzene rings is 1. The number of amides is 3. The van der Waals surface area contributed by atoms with Crippen molar-refractivity contribution in [1.82, 2.24) is 20.1 Å². The second-order valence-corrected chi connectivity index (χ2v) is 6.36. The predicted molar refractivity (Wildman–Crippen MR) is 89.9 cm³/mol. The first-order chi connectivity index (χ1) is 12.4. The van der Waals surface area contributed by atoms with Gasteiger partial charge in [-0.3, -0.25) is 34.7 Å². The van der Waals surface area contributed by atoms with E-state index in [4.69, 9.17) is 0 Å². The molecule has 0 saturated carbocycles. The Morgan fingerprint density at radius 2 is 2.08 bits per heavy atom. The Morgan fingerprint density at radius 3 is 2.77 bits per heavy atom. The van der Waals surface area contributed by atoms with Gasteiger partial charge in [0.05, 0.1) is 16.1 Å². The van der Waals surface area contributed by atoms with E-state index in [9.17, 15) is 24.5 Å². The third kappa shape index (κ3) is 3.26. The van der Waals surface area contributed by atoms with Crippen LogP contribution >= 0.6 is 11.8 Å². The monoisotopic (exact) mass is 376 g/mol. The summed E-state index contributed by atoms with van der Waals surface area (Å²) in [6, 6.07) is 3.36. The van der Waals surface area contributed by atoms with Crippen molar-refractivity contribution < 1.29 is 19.3 Å². The number of nitro groups is 1. The van der Waals surface area contributed by atoms with Gasteiger partial charge in [0.1, 0.15) is 6.54 Å². The van der Waals surface area contributed by atoms with Crippen molar-refractivity contribution in [2.24, 2.45) is 0 Å². The number of non-ortho nitro benzene ring substituents is 1. The third-order valence-electron chi connectivity index (χ3n) is 3.46. The number of nitrogens with one attached hydrogen (secondary N) is 2. The van der Waals surface area contributed by atoms with Gasteiger partial charge in [0, 0.05) is 12.1 Å². The highest BCUT2D eigenvalue weighted by atomic mass is 32.2. The zero-order chi connectivity index (χ0) is 18.8. The lowest BCUT2D eigenvalue weighted by Gasteiger charge is -2.12. The van der Waals surface area contributed by atoms with Crippen LogP contribution in [0.15, 0.2) is 23.4 Å². The molecule has 12 heteroatoms. The number of nitro benzene ring substituents is 1. The molecule has 1 aliphatic rings. The standard InChI is InChI=1S/C14H12N6O5S/c1-2-26-14-16-13(17-18-14)15-10(21)6-19-11(22)8-4-3-7(20(24)25)5-9(8)12(19)23/h3-5H,2,6H2,1H3,(H2,15,16,17,18,21). The number of hydrogen-bond acceptors (Lipinski definition) is 8. The van der Waals surface area contributed by atoms with Crippen LogP contribution in [0.1, 0.15) is 27.6 Å². The maximum atomic E-state index is 12.3. The first kappa shape index (κ1) is 17.5. The van der Waals surface area contributed by atoms with Gasteiger partial charge in [-0.25, -0.2) is 5.10 Å². The number of carbonyl (C=O) groups excluding carboxylic acids is 3. The summed E-state index contributed by atoms with van der Waals surface area (Å²) in [5, 5.41) is 20.1. The van der Waals surface area contributed by atoms with Crippen LogP contribution in [0.3, 0.4) is 0 Å². The minimum atomic E-state index is -0.761. The van der Waals surface area contributed by atoms with Gasteiger partial charge in [0.25, 0.3) is 17.5 Å². The molecule has 0 bridgehead atoms. The van der Waals surface area contributed by atoms with Crippen LogP contribution in [0.4, 0.5) is 11.6 Å². The van der Waals surface area contributed by atoms with Gasteiger partial charge in [-0.1, -0.05) is 18.7 Å². The van der Waals surface area contributed by atoms with Gasteiger partial charge in [-0.15, -0.1) is 5.10 Å². The molecule has 0 aliphatic carbocycles. The molecule has 1 aromatic carbocycles. The fourth-order valence-electron chi connectivity index (χ4n) is 2.35. The topological polar surface area (TPSA) is 151 Å². The number of aromatic amines is 1. The largest absolute Gasteiger partial charge is 0.293 e. The van der Waals surface area contributed by atoms with E-state index in [1.54, 1.807) is 0 Å².